The zero-order valence-electron chi connectivity index (χ0n) is 28.1. The van der Waals surface area contributed by atoms with Gasteiger partial charge in [-0.2, -0.15) is 5.06 Å². The maximum atomic E-state index is 13.4. The summed E-state index contributed by atoms with van der Waals surface area (Å²) in [6.45, 7) is 5.44. The molecule has 1 heterocycles. The molecule has 0 aliphatic heterocycles. The highest BCUT2D eigenvalue weighted by atomic mass is 31.2. The van der Waals surface area contributed by atoms with Crippen molar-refractivity contribution in [3.63, 3.8) is 0 Å². The molecular formula is C34H43N4O11P. The van der Waals surface area contributed by atoms with Crippen LogP contribution < -0.4 is 20.7 Å². The van der Waals surface area contributed by atoms with Crippen molar-refractivity contribution in [3.8, 4) is 17.1 Å². The Morgan fingerprint density at radius 1 is 0.940 bits per heavy atom. The highest BCUT2D eigenvalue weighted by molar-refractivity contribution is 7.51. The molecular weight excluding hydrogens is 671 g/mol. The number of nitrogens with one attached hydrogen (secondary N) is 3. The first-order valence-electron chi connectivity index (χ1n) is 16.2. The van der Waals surface area contributed by atoms with E-state index in [1.807, 2.05) is 6.92 Å². The monoisotopic (exact) mass is 714 g/mol. The minimum Gasteiger partial charge on any atom is -0.493 e. The third-order valence-electron chi connectivity index (χ3n) is 7.56. The van der Waals surface area contributed by atoms with Gasteiger partial charge in [-0.1, -0.05) is 57.4 Å². The van der Waals surface area contributed by atoms with Crippen LogP contribution in [-0.2, 0) is 19.0 Å². The van der Waals surface area contributed by atoms with Gasteiger partial charge in [0.1, 0.15) is 17.8 Å². The van der Waals surface area contributed by atoms with Gasteiger partial charge in [-0.25, -0.2) is 4.79 Å². The summed E-state index contributed by atoms with van der Waals surface area (Å²) in [6.07, 6.45) is 2.72. The van der Waals surface area contributed by atoms with Gasteiger partial charge in [-0.05, 0) is 56.2 Å². The highest BCUT2D eigenvalue weighted by Gasteiger charge is 2.33. The number of hydroxylamine groups is 2. The quantitative estimate of drug-likeness (QED) is 0.0367. The lowest BCUT2D eigenvalue weighted by Gasteiger charge is -2.31. The molecule has 0 radical (unpaired) electrons. The molecule has 0 spiro atoms. The Bertz CT molecular complexity index is 1660. The van der Waals surface area contributed by atoms with Gasteiger partial charge in [0, 0.05) is 5.56 Å². The van der Waals surface area contributed by atoms with E-state index in [9.17, 15) is 28.5 Å². The summed E-state index contributed by atoms with van der Waals surface area (Å²) in [7, 11) is -4.47. The van der Waals surface area contributed by atoms with Crippen LogP contribution in [0.2, 0.25) is 0 Å². The van der Waals surface area contributed by atoms with Crippen LogP contribution in [0.3, 0.4) is 0 Å². The highest BCUT2D eigenvalue weighted by Crippen LogP contribution is 2.33. The smallest absolute Gasteiger partial charge is 0.363 e. The minimum absolute atomic E-state index is 0.0493. The van der Waals surface area contributed by atoms with E-state index < -0.39 is 49.5 Å². The van der Waals surface area contributed by atoms with E-state index in [0.717, 1.165) is 17.9 Å². The molecule has 270 valence electrons. The number of nitrogens with zero attached hydrogens (tertiary/aromatic N) is 1. The first-order chi connectivity index (χ1) is 23.9. The minimum atomic E-state index is -4.47. The first kappa shape index (κ1) is 39.5. The molecule has 0 aliphatic carbocycles. The summed E-state index contributed by atoms with van der Waals surface area (Å²) in [6, 6.07) is 14.8. The lowest BCUT2D eigenvalue weighted by Crippen LogP contribution is -2.49. The van der Waals surface area contributed by atoms with Crippen LogP contribution in [0.1, 0.15) is 84.1 Å². The lowest BCUT2D eigenvalue weighted by molar-refractivity contribution is -0.171. The molecule has 16 heteroatoms. The lowest BCUT2D eigenvalue weighted by atomic mass is 9.90. The second-order valence-electron chi connectivity index (χ2n) is 11.1. The van der Waals surface area contributed by atoms with Gasteiger partial charge < -0.3 is 39.7 Å². The fourth-order valence-electron chi connectivity index (χ4n) is 5.10. The van der Waals surface area contributed by atoms with Crippen molar-refractivity contribution in [2.45, 2.75) is 58.9 Å². The molecule has 4 amide bonds. The number of carbonyl (C=O) groups is 5. The van der Waals surface area contributed by atoms with Gasteiger partial charge in [0.05, 0.1) is 36.4 Å². The molecule has 1 aromatic heterocycles. The van der Waals surface area contributed by atoms with Gasteiger partial charge in [0.25, 0.3) is 11.8 Å². The number of hydrogen-bond donors (Lipinski definition) is 5. The Hall–Kier alpha value is -4.98. The van der Waals surface area contributed by atoms with Gasteiger partial charge in [-0.15, -0.1) is 0 Å². The zero-order chi connectivity index (χ0) is 36.7. The molecule has 1 unspecified atom stereocenters. The van der Waals surface area contributed by atoms with E-state index in [-0.39, 0.29) is 41.7 Å². The molecule has 2 aromatic carbocycles. The Kier molecular flexibility index (Phi) is 15.2. The number of unbranched alkanes of at least 4 members (excludes halogenated alkanes) is 2. The maximum Gasteiger partial charge on any atom is 0.363 e. The largest absolute Gasteiger partial charge is 0.493 e. The second kappa shape index (κ2) is 19.3. The van der Waals surface area contributed by atoms with E-state index >= 15 is 0 Å². The molecule has 0 saturated carbocycles. The summed E-state index contributed by atoms with van der Waals surface area (Å²) in [4.78, 5) is 87.1. The molecule has 3 aromatic rings. The number of benzene rings is 2. The molecule has 0 saturated heterocycles. The predicted molar refractivity (Wildman–Crippen MR) is 182 cm³/mol. The molecule has 0 fully saturated rings. The number of carbonyl (C=O) groups excluding carboxylic acids is 5. The van der Waals surface area contributed by atoms with E-state index in [2.05, 4.69) is 16.0 Å². The summed E-state index contributed by atoms with van der Waals surface area (Å²) < 4.78 is 22.4. The van der Waals surface area contributed by atoms with Crippen LogP contribution in [-0.4, -0.2) is 70.6 Å². The van der Waals surface area contributed by atoms with Crippen LogP contribution >= 0.6 is 7.60 Å². The van der Waals surface area contributed by atoms with Gasteiger partial charge in [0.2, 0.25) is 12.3 Å². The Morgan fingerprint density at radius 3 is 2.32 bits per heavy atom. The van der Waals surface area contributed by atoms with Crippen molar-refractivity contribution in [3.05, 3.63) is 77.6 Å². The van der Waals surface area contributed by atoms with Gasteiger partial charge in [0.15, 0.2) is 5.76 Å². The molecule has 0 bridgehead atoms. The van der Waals surface area contributed by atoms with E-state index in [0.29, 0.717) is 31.2 Å². The van der Waals surface area contributed by atoms with Gasteiger partial charge >= 0.3 is 13.6 Å². The summed E-state index contributed by atoms with van der Waals surface area (Å²) in [5.74, 6) is -2.95. The Morgan fingerprint density at radius 2 is 1.68 bits per heavy atom. The molecule has 50 heavy (non-hydrogen) atoms. The number of amides is 4. The average Bonchev–Trinajstić information content (AvgIpc) is 3.60. The topological polar surface area (TPSA) is 214 Å². The van der Waals surface area contributed by atoms with E-state index in [1.54, 1.807) is 44.2 Å². The number of hydrogen-bond acceptors (Lipinski definition) is 9. The van der Waals surface area contributed by atoms with E-state index in [1.165, 1.54) is 30.3 Å². The van der Waals surface area contributed by atoms with Crippen molar-refractivity contribution in [2.24, 2.45) is 5.92 Å². The predicted octanol–water partition coefficient (Wildman–Crippen LogP) is 4.22. The zero-order valence-corrected chi connectivity index (χ0v) is 29.0. The SMILES string of the molecule is CCCCCC(C(=O)NCNC(=O)c1ccc(-c2ccc(C(=O)NCP(=O)(O)O)c(OCC)c2)o1)[C@@H](CC)N(C=O)OC(=O)c1ccccc1. The molecule has 0 aliphatic rings. The fraction of sp³-hybridized carbons (Fsp3) is 0.382. The second-order valence-corrected chi connectivity index (χ2v) is 12.8. The first-order valence-corrected chi connectivity index (χ1v) is 18.0. The molecule has 5 N–H and O–H groups in total. The third kappa shape index (κ3) is 11.6. The molecule has 15 nitrogen and oxygen atoms in total. The number of rotatable bonds is 20. The van der Waals surface area contributed by atoms with Crippen LogP contribution in [0.5, 0.6) is 5.75 Å². The Balaban J connectivity index is 1.67. The Labute approximate surface area is 289 Å². The van der Waals surface area contributed by atoms with E-state index in [4.69, 9.17) is 23.8 Å². The van der Waals surface area contributed by atoms with Crippen molar-refractivity contribution >= 4 is 37.7 Å². The average molecular weight is 715 g/mol. The van der Waals surface area contributed by atoms with Gasteiger partial charge in [-0.3, -0.25) is 23.7 Å². The summed E-state index contributed by atoms with van der Waals surface area (Å²) >= 11 is 0. The summed E-state index contributed by atoms with van der Waals surface area (Å²) in [5, 5.41) is 8.31. The number of ether oxygens (including phenoxy) is 1. The van der Waals surface area contributed by atoms with Crippen LogP contribution in [0.15, 0.2) is 65.1 Å². The third-order valence-corrected chi connectivity index (χ3v) is 8.13. The van der Waals surface area contributed by atoms with Crippen molar-refractivity contribution < 1.29 is 52.3 Å². The van der Waals surface area contributed by atoms with Crippen LogP contribution in [0, 0.1) is 5.92 Å². The number of furan rings is 1. The standard InChI is InChI=1S/C34H43N4O11P/c1-4-7-9-14-25(27(5-2)38(22-39)49-34(43)23-12-10-8-11-13-23)31(40)35-20-36-33(42)29-18-17-28(48-29)24-15-16-26(30(19-24)47-6-3)32(41)37-21-50(44,45)46/h8,10-13,15-19,22,25,27H,4-7,9,14,20-21H2,1-3H3,(H,35,40)(H,36,42)(H,37,41)(H2,44,45,46)/t25?,27-/m1/s1. The fourth-order valence-corrected chi connectivity index (χ4v) is 5.45. The van der Waals surface area contributed by atoms with Crippen LogP contribution in [0.4, 0.5) is 0 Å². The molecule has 2 atom stereocenters. The van der Waals surface area contributed by atoms with Crippen molar-refractivity contribution in [2.75, 3.05) is 19.6 Å². The normalized spacial score (nSPS) is 12.3. The van der Waals surface area contributed by atoms with Crippen molar-refractivity contribution in [1.29, 1.82) is 0 Å². The maximum absolute atomic E-state index is 13.4. The summed E-state index contributed by atoms with van der Waals surface area (Å²) in [5.41, 5.74) is 0.758. The van der Waals surface area contributed by atoms with Crippen LogP contribution in [0.25, 0.3) is 11.3 Å². The molecule has 3 rings (SSSR count). The van der Waals surface area contributed by atoms with Crippen molar-refractivity contribution in [1.82, 2.24) is 21.0 Å².